The van der Waals surface area contributed by atoms with E-state index in [9.17, 15) is 4.79 Å². The van der Waals surface area contributed by atoms with Gasteiger partial charge in [0.2, 0.25) is 0 Å². The van der Waals surface area contributed by atoms with Crippen LogP contribution >= 0.6 is 15.9 Å². The molecule has 3 nitrogen and oxygen atoms in total. The number of hydrogen-bond donors (Lipinski definition) is 1. The zero-order chi connectivity index (χ0) is 12.3. The van der Waals surface area contributed by atoms with Crippen molar-refractivity contribution in [3.8, 4) is 11.8 Å². The third-order valence-corrected chi connectivity index (χ3v) is 2.65. The van der Waals surface area contributed by atoms with Crippen LogP contribution in [0, 0.1) is 11.8 Å². The number of ether oxygens (including phenoxy) is 1. The summed E-state index contributed by atoms with van der Waals surface area (Å²) in [7, 11) is 1.37. The normalized spacial score (nSPS) is 9.76. The van der Waals surface area contributed by atoms with Gasteiger partial charge >= 0.3 is 5.97 Å². The van der Waals surface area contributed by atoms with Gasteiger partial charge in [-0.05, 0) is 18.2 Å². The molecular weight excluding hydrogens is 282 g/mol. The molecule has 4 heteroatoms. The number of benzene rings is 1. The fourth-order valence-electron chi connectivity index (χ4n) is 1.65. The Morgan fingerprint density at radius 2 is 2.35 bits per heavy atom. The first-order valence-corrected chi connectivity index (χ1v) is 6.12. The number of esters is 1. The Hall–Kier alpha value is -1.73. The fourth-order valence-corrected chi connectivity index (χ4v) is 1.79. The molecule has 1 heterocycles. The largest absolute Gasteiger partial charge is 0.465 e. The van der Waals surface area contributed by atoms with Crippen LogP contribution in [-0.4, -0.2) is 23.4 Å². The Morgan fingerprint density at radius 1 is 1.53 bits per heavy atom. The minimum absolute atomic E-state index is 0.350. The van der Waals surface area contributed by atoms with E-state index in [0.717, 1.165) is 16.5 Å². The number of halogens is 1. The van der Waals surface area contributed by atoms with Gasteiger partial charge in [-0.1, -0.05) is 27.8 Å². The molecule has 0 aliphatic carbocycles. The molecule has 0 unspecified atom stereocenters. The van der Waals surface area contributed by atoms with Crippen molar-refractivity contribution in [2.45, 2.75) is 0 Å². The Morgan fingerprint density at radius 3 is 3.06 bits per heavy atom. The minimum Gasteiger partial charge on any atom is -0.465 e. The molecule has 0 spiro atoms. The van der Waals surface area contributed by atoms with E-state index in [2.05, 4.69) is 32.8 Å². The van der Waals surface area contributed by atoms with Crippen LogP contribution in [0.15, 0.2) is 24.4 Å². The number of aromatic nitrogens is 1. The van der Waals surface area contributed by atoms with Gasteiger partial charge in [0, 0.05) is 22.7 Å². The first-order valence-electron chi connectivity index (χ1n) is 5.00. The second-order valence-electron chi connectivity index (χ2n) is 3.39. The molecule has 0 radical (unpaired) electrons. The lowest BCUT2D eigenvalue weighted by atomic mass is 10.1. The highest BCUT2D eigenvalue weighted by Crippen LogP contribution is 2.20. The second kappa shape index (κ2) is 5.07. The van der Waals surface area contributed by atoms with Gasteiger partial charge in [-0.2, -0.15) is 0 Å². The van der Waals surface area contributed by atoms with Crippen molar-refractivity contribution in [3.63, 3.8) is 0 Å². The van der Waals surface area contributed by atoms with E-state index in [1.165, 1.54) is 7.11 Å². The summed E-state index contributed by atoms with van der Waals surface area (Å²) in [6, 6.07) is 5.51. The van der Waals surface area contributed by atoms with Crippen LogP contribution in [0.4, 0.5) is 0 Å². The number of fused-ring (bicyclic) bond motifs is 1. The number of H-pyrrole nitrogens is 1. The summed E-state index contributed by atoms with van der Waals surface area (Å²) in [5.41, 5.74) is 2.21. The van der Waals surface area contributed by atoms with E-state index in [1.807, 2.05) is 12.1 Å². The summed E-state index contributed by atoms with van der Waals surface area (Å²) >= 11 is 3.24. The topological polar surface area (TPSA) is 42.1 Å². The van der Waals surface area contributed by atoms with E-state index < -0.39 is 0 Å². The van der Waals surface area contributed by atoms with E-state index in [-0.39, 0.29) is 5.97 Å². The lowest BCUT2D eigenvalue weighted by molar-refractivity contribution is 0.0603. The Bertz CT molecular complexity index is 619. The number of alkyl halides is 1. The zero-order valence-electron chi connectivity index (χ0n) is 9.21. The molecule has 1 aromatic heterocycles. The van der Waals surface area contributed by atoms with E-state index in [1.54, 1.807) is 12.3 Å². The van der Waals surface area contributed by atoms with Crippen molar-refractivity contribution >= 4 is 32.8 Å². The van der Waals surface area contributed by atoms with Crippen LogP contribution < -0.4 is 0 Å². The van der Waals surface area contributed by atoms with Gasteiger partial charge in [0.25, 0.3) is 0 Å². The highest BCUT2D eigenvalue weighted by Gasteiger charge is 2.12. The molecule has 0 saturated heterocycles. The number of carbonyl (C=O) groups is 1. The molecule has 0 aliphatic rings. The van der Waals surface area contributed by atoms with E-state index in [4.69, 9.17) is 4.74 Å². The van der Waals surface area contributed by atoms with Gasteiger partial charge in [0.15, 0.2) is 0 Å². The molecule has 0 saturated carbocycles. The van der Waals surface area contributed by atoms with Crippen LogP contribution in [0.1, 0.15) is 15.9 Å². The average Bonchev–Trinajstić information content (AvgIpc) is 2.82. The third kappa shape index (κ3) is 2.34. The number of carbonyl (C=O) groups excluding carboxylic acids is 1. The lowest BCUT2D eigenvalue weighted by Gasteiger charge is -2.02. The van der Waals surface area contributed by atoms with Crippen molar-refractivity contribution in [3.05, 3.63) is 35.5 Å². The number of aromatic amines is 1. The predicted octanol–water partition coefficient (Wildman–Crippen LogP) is 2.70. The van der Waals surface area contributed by atoms with Crippen LogP contribution in [0.2, 0.25) is 0 Å². The van der Waals surface area contributed by atoms with Gasteiger partial charge in [-0.15, -0.1) is 0 Å². The van der Waals surface area contributed by atoms with Crippen molar-refractivity contribution in [2.75, 3.05) is 12.4 Å². The van der Waals surface area contributed by atoms with Crippen LogP contribution in [-0.2, 0) is 4.74 Å². The van der Waals surface area contributed by atoms with Gasteiger partial charge < -0.3 is 9.72 Å². The zero-order valence-corrected chi connectivity index (χ0v) is 10.8. The maximum atomic E-state index is 11.7. The standard InChI is InChI=1S/C13H10BrNO2/c1-17-13(16)11-7-9(3-2-5-14)8-12-10(11)4-6-15-12/h4,6-8,15H,5H2,1H3. The maximum absolute atomic E-state index is 11.7. The number of methoxy groups -OCH3 is 1. The van der Waals surface area contributed by atoms with Crippen molar-refractivity contribution in [2.24, 2.45) is 0 Å². The summed E-state index contributed by atoms with van der Waals surface area (Å²) in [4.78, 5) is 14.7. The number of nitrogens with one attached hydrogen (secondary N) is 1. The molecule has 2 rings (SSSR count). The number of hydrogen-bond acceptors (Lipinski definition) is 2. The summed E-state index contributed by atoms with van der Waals surface area (Å²) in [5, 5.41) is 1.45. The smallest absolute Gasteiger partial charge is 0.338 e. The minimum atomic E-state index is -0.350. The summed E-state index contributed by atoms with van der Waals surface area (Å²) in [6.07, 6.45) is 1.79. The molecule has 0 aliphatic heterocycles. The monoisotopic (exact) mass is 291 g/mol. The van der Waals surface area contributed by atoms with E-state index in [0.29, 0.717) is 10.9 Å². The van der Waals surface area contributed by atoms with Gasteiger partial charge in [0.05, 0.1) is 18.0 Å². The van der Waals surface area contributed by atoms with Crippen LogP contribution in [0.25, 0.3) is 10.9 Å². The third-order valence-electron chi connectivity index (χ3n) is 2.37. The average molecular weight is 292 g/mol. The summed E-state index contributed by atoms with van der Waals surface area (Å²) in [5.74, 6) is 5.53. The lowest BCUT2D eigenvalue weighted by Crippen LogP contribution is -2.02. The molecule has 1 N–H and O–H groups in total. The molecule has 2 aromatic rings. The Kier molecular flexibility index (Phi) is 3.50. The van der Waals surface area contributed by atoms with Gasteiger partial charge in [-0.3, -0.25) is 0 Å². The van der Waals surface area contributed by atoms with Crippen molar-refractivity contribution in [1.82, 2.24) is 4.98 Å². The van der Waals surface area contributed by atoms with Crippen LogP contribution in [0.3, 0.4) is 0 Å². The highest BCUT2D eigenvalue weighted by molar-refractivity contribution is 9.09. The molecule has 0 amide bonds. The van der Waals surface area contributed by atoms with E-state index >= 15 is 0 Å². The van der Waals surface area contributed by atoms with Crippen LogP contribution in [0.5, 0.6) is 0 Å². The fraction of sp³-hybridized carbons (Fsp3) is 0.154. The van der Waals surface area contributed by atoms with Gasteiger partial charge in [-0.25, -0.2) is 4.79 Å². The van der Waals surface area contributed by atoms with Crippen molar-refractivity contribution in [1.29, 1.82) is 0 Å². The second-order valence-corrected chi connectivity index (χ2v) is 3.95. The van der Waals surface area contributed by atoms with Crippen molar-refractivity contribution < 1.29 is 9.53 Å². The van der Waals surface area contributed by atoms with Gasteiger partial charge in [0.1, 0.15) is 0 Å². The molecule has 0 bridgehead atoms. The number of rotatable bonds is 1. The molecule has 0 fully saturated rings. The highest BCUT2D eigenvalue weighted by atomic mass is 79.9. The first kappa shape index (κ1) is 11.7. The SMILES string of the molecule is COC(=O)c1cc(C#CCBr)cc2[nH]ccc12. The predicted molar refractivity (Wildman–Crippen MR) is 70.3 cm³/mol. The summed E-state index contributed by atoms with van der Waals surface area (Å²) < 4.78 is 4.76. The molecule has 86 valence electrons. The Balaban J connectivity index is 2.62. The molecular formula is C13H10BrNO2. The molecule has 1 aromatic carbocycles. The molecule has 17 heavy (non-hydrogen) atoms. The Labute approximate surface area is 107 Å². The maximum Gasteiger partial charge on any atom is 0.338 e. The quantitative estimate of drug-likeness (QED) is 0.499. The first-order chi connectivity index (χ1) is 8.26. The summed E-state index contributed by atoms with van der Waals surface area (Å²) in [6.45, 7) is 0. The molecule has 0 atom stereocenters.